The lowest BCUT2D eigenvalue weighted by Crippen LogP contribution is -2.45. The molecule has 126 valence electrons. The Morgan fingerprint density at radius 1 is 1.30 bits per heavy atom. The highest BCUT2D eigenvalue weighted by Crippen LogP contribution is 2.24. The summed E-state index contributed by atoms with van der Waals surface area (Å²) in [5.41, 5.74) is 5.64. The molecule has 0 radical (unpaired) electrons. The third kappa shape index (κ3) is 4.41. The zero-order valence-corrected chi connectivity index (χ0v) is 14.3. The Morgan fingerprint density at radius 2 is 2.00 bits per heavy atom. The lowest BCUT2D eigenvalue weighted by atomic mass is 9.94. The van der Waals surface area contributed by atoms with Crippen molar-refractivity contribution in [3.8, 4) is 0 Å². The fraction of sp³-hybridized carbons (Fsp3) is 0.625. The molecule has 1 saturated carbocycles. The molecule has 1 aliphatic rings. The number of nitrogens with zero attached hydrogens (tertiary/aromatic N) is 2. The second kappa shape index (κ2) is 7.73. The van der Waals surface area contributed by atoms with Crippen molar-refractivity contribution >= 4 is 23.4 Å². The number of rotatable bonds is 4. The molecule has 23 heavy (non-hydrogen) atoms. The van der Waals surface area contributed by atoms with Gasteiger partial charge in [-0.3, -0.25) is 9.59 Å². The molecular formula is C16H23ClN4O2. The molecule has 2 atom stereocenters. The van der Waals surface area contributed by atoms with Crippen LogP contribution in [0.1, 0.15) is 68.2 Å². The molecule has 0 aliphatic heterocycles. The van der Waals surface area contributed by atoms with Gasteiger partial charge in [-0.05, 0) is 12.8 Å². The maximum atomic E-state index is 12.6. The molecule has 1 aromatic rings. The highest BCUT2D eigenvalue weighted by Gasteiger charge is 2.30. The minimum atomic E-state index is -0.377. The second-order valence-corrected chi connectivity index (χ2v) is 6.71. The molecule has 0 spiro atoms. The first-order chi connectivity index (χ1) is 10.9. The second-order valence-electron chi connectivity index (χ2n) is 6.31. The van der Waals surface area contributed by atoms with E-state index >= 15 is 0 Å². The van der Waals surface area contributed by atoms with Crippen LogP contribution in [0.25, 0.3) is 0 Å². The lowest BCUT2D eigenvalue weighted by Gasteiger charge is -2.23. The first kappa shape index (κ1) is 17.7. The zero-order valence-electron chi connectivity index (χ0n) is 13.5. The normalized spacial score (nSPS) is 21.7. The number of hydrogen-bond donors (Lipinski definition) is 2. The van der Waals surface area contributed by atoms with Crippen LogP contribution in [0.2, 0.25) is 5.02 Å². The van der Waals surface area contributed by atoms with Crippen molar-refractivity contribution in [2.24, 2.45) is 11.7 Å². The van der Waals surface area contributed by atoms with E-state index in [0.29, 0.717) is 12.2 Å². The van der Waals surface area contributed by atoms with E-state index in [1.165, 1.54) is 6.20 Å². The fourth-order valence-electron chi connectivity index (χ4n) is 2.88. The third-order valence-electron chi connectivity index (χ3n) is 4.19. The molecule has 1 aromatic heterocycles. The lowest BCUT2D eigenvalue weighted by molar-refractivity contribution is -0.122. The van der Waals surface area contributed by atoms with E-state index in [2.05, 4.69) is 15.3 Å². The van der Waals surface area contributed by atoms with Crippen LogP contribution >= 0.6 is 11.6 Å². The van der Waals surface area contributed by atoms with Crippen LogP contribution in [0.3, 0.4) is 0 Å². The van der Waals surface area contributed by atoms with Gasteiger partial charge in [0.25, 0.3) is 5.91 Å². The quantitative estimate of drug-likeness (QED) is 0.823. The van der Waals surface area contributed by atoms with E-state index in [0.717, 1.165) is 25.7 Å². The molecule has 1 aliphatic carbocycles. The van der Waals surface area contributed by atoms with Gasteiger partial charge in [0.15, 0.2) is 0 Å². The predicted octanol–water partition coefficient (Wildman–Crippen LogP) is 2.42. The van der Waals surface area contributed by atoms with E-state index in [9.17, 15) is 9.59 Å². The van der Waals surface area contributed by atoms with E-state index in [-0.39, 0.29) is 40.4 Å². The third-order valence-corrected chi connectivity index (χ3v) is 4.47. The van der Waals surface area contributed by atoms with Crippen LogP contribution in [-0.2, 0) is 4.79 Å². The summed E-state index contributed by atoms with van der Waals surface area (Å²) in [7, 11) is 0. The Labute approximate surface area is 141 Å². The van der Waals surface area contributed by atoms with Gasteiger partial charge < -0.3 is 11.1 Å². The Bertz CT molecular complexity index is 591. The van der Waals surface area contributed by atoms with Gasteiger partial charge in [-0.15, -0.1) is 0 Å². The van der Waals surface area contributed by atoms with Crippen LogP contribution in [0.15, 0.2) is 6.20 Å². The highest BCUT2D eigenvalue weighted by molar-refractivity contribution is 6.33. The fourth-order valence-corrected chi connectivity index (χ4v) is 3.05. The smallest absolute Gasteiger partial charge is 0.271 e. The van der Waals surface area contributed by atoms with E-state index in [1.54, 1.807) is 0 Å². The minimum Gasteiger partial charge on any atom is -0.369 e. The first-order valence-corrected chi connectivity index (χ1v) is 8.40. The van der Waals surface area contributed by atoms with Gasteiger partial charge in [0.05, 0.1) is 17.1 Å². The van der Waals surface area contributed by atoms with Gasteiger partial charge in [0, 0.05) is 12.0 Å². The number of halogens is 1. The highest BCUT2D eigenvalue weighted by atomic mass is 35.5. The van der Waals surface area contributed by atoms with Crippen molar-refractivity contribution in [2.45, 2.75) is 57.9 Å². The van der Waals surface area contributed by atoms with Crippen molar-refractivity contribution in [1.82, 2.24) is 15.3 Å². The molecule has 3 N–H and O–H groups in total. The SMILES string of the molecule is CC(C)c1ncc(Cl)c(C(=O)NC2CCCCCC2C(N)=O)n1. The van der Waals surface area contributed by atoms with Crippen molar-refractivity contribution in [3.63, 3.8) is 0 Å². The molecule has 0 aromatic carbocycles. The zero-order chi connectivity index (χ0) is 17.0. The number of aromatic nitrogens is 2. The molecule has 0 saturated heterocycles. The summed E-state index contributed by atoms with van der Waals surface area (Å²) in [5, 5.41) is 3.10. The molecule has 2 rings (SSSR count). The summed E-state index contributed by atoms with van der Waals surface area (Å²) in [5.74, 6) is -0.431. The summed E-state index contributed by atoms with van der Waals surface area (Å²) in [6.45, 7) is 3.89. The largest absolute Gasteiger partial charge is 0.369 e. The number of nitrogens with two attached hydrogens (primary N) is 1. The molecule has 1 fully saturated rings. The van der Waals surface area contributed by atoms with E-state index in [4.69, 9.17) is 17.3 Å². The van der Waals surface area contributed by atoms with Crippen molar-refractivity contribution in [2.75, 3.05) is 0 Å². The van der Waals surface area contributed by atoms with Crippen LogP contribution in [0.5, 0.6) is 0 Å². The van der Waals surface area contributed by atoms with Gasteiger partial charge >= 0.3 is 0 Å². The predicted molar refractivity (Wildman–Crippen MR) is 88.2 cm³/mol. The molecule has 2 amide bonds. The number of primary amides is 1. The van der Waals surface area contributed by atoms with Crippen LogP contribution in [-0.4, -0.2) is 27.8 Å². The standard InChI is InChI=1S/C16H23ClN4O2/c1-9(2)15-19-8-11(17)13(21-15)16(23)20-12-7-5-3-4-6-10(12)14(18)22/h8-10,12H,3-7H2,1-2H3,(H2,18,22)(H,20,23). The maximum Gasteiger partial charge on any atom is 0.271 e. The van der Waals surface area contributed by atoms with Gasteiger partial charge in [-0.1, -0.05) is 44.7 Å². The van der Waals surface area contributed by atoms with E-state index in [1.807, 2.05) is 13.8 Å². The van der Waals surface area contributed by atoms with E-state index < -0.39 is 0 Å². The van der Waals surface area contributed by atoms with Gasteiger partial charge in [0.2, 0.25) is 5.91 Å². The average Bonchev–Trinajstić information content (AvgIpc) is 2.72. The van der Waals surface area contributed by atoms with Gasteiger partial charge in [0.1, 0.15) is 11.5 Å². The Hall–Kier alpha value is -1.69. The van der Waals surface area contributed by atoms with Crippen LogP contribution in [0.4, 0.5) is 0 Å². The minimum absolute atomic E-state index is 0.0927. The number of carbonyl (C=O) groups excluding carboxylic acids is 2. The van der Waals surface area contributed by atoms with Gasteiger partial charge in [-0.25, -0.2) is 9.97 Å². The molecule has 0 bridgehead atoms. The maximum absolute atomic E-state index is 12.6. The molecular weight excluding hydrogens is 316 g/mol. The average molecular weight is 339 g/mol. The van der Waals surface area contributed by atoms with Crippen molar-refractivity contribution in [1.29, 1.82) is 0 Å². The van der Waals surface area contributed by atoms with Crippen molar-refractivity contribution < 1.29 is 9.59 Å². The Morgan fingerprint density at radius 3 is 2.65 bits per heavy atom. The number of carbonyl (C=O) groups is 2. The van der Waals surface area contributed by atoms with Crippen molar-refractivity contribution in [3.05, 3.63) is 22.7 Å². The number of amides is 2. The number of nitrogens with one attached hydrogen (secondary N) is 1. The monoisotopic (exact) mass is 338 g/mol. The topological polar surface area (TPSA) is 98.0 Å². The Kier molecular flexibility index (Phi) is 5.93. The summed E-state index contributed by atoms with van der Waals surface area (Å²) in [6.07, 6.45) is 5.84. The van der Waals surface area contributed by atoms with Crippen LogP contribution < -0.4 is 11.1 Å². The first-order valence-electron chi connectivity index (χ1n) is 8.02. The summed E-state index contributed by atoms with van der Waals surface area (Å²) >= 11 is 6.07. The number of hydrogen-bond acceptors (Lipinski definition) is 4. The summed E-state index contributed by atoms with van der Waals surface area (Å²) in [4.78, 5) is 32.6. The van der Waals surface area contributed by atoms with Gasteiger partial charge in [-0.2, -0.15) is 0 Å². The molecule has 7 heteroatoms. The summed E-state index contributed by atoms with van der Waals surface area (Å²) in [6, 6.07) is -0.268. The summed E-state index contributed by atoms with van der Waals surface area (Å²) < 4.78 is 0. The molecule has 2 unspecified atom stereocenters. The molecule has 6 nitrogen and oxygen atoms in total. The Balaban J connectivity index is 2.19. The molecule has 1 heterocycles. The van der Waals surface area contributed by atoms with Crippen LogP contribution in [0, 0.1) is 5.92 Å².